The van der Waals surface area contributed by atoms with Crippen LogP contribution in [0.4, 0.5) is 0 Å². The van der Waals surface area contributed by atoms with E-state index >= 15 is 0 Å². The van der Waals surface area contributed by atoms with Crippen LogP contribution < -0.4 is 0 Å². The zero-order valence-electron chi connectivity index (χ0n) is 12.0. The van der Waals surface area contributed by atoms with Gasteiger partial charge in [0.1, 0.15) is 11.6 Å². The van der Waals surface area contributed by atoms with Crippen molar-refractivity contribution in [1.82, 2.24) is 19.9 Å². The summed E-state index contributed by atoms with van der Waals surface area (Å²) in [6, 6.07) is 3.62. The van der Waals surface area contributed by atoms with Crippen LogP contribution >= 0.6 is 0 Å². The van der Waals surface area contributed by atoms with Crippen LogP contribution in [0.3, 0.4) is 0 Å². The van der Waals surface area contributed by atoms with Gasteiger partial charge in [-0.05, 0) is 18.6 Å². The van der Waals surface area contributed by atoms with Gasteiger partial charge in [0.05, 0.1) is 13.2 Å². The van der Waals surface area contributed by atoms with Crippen molar-refractivity contribution in [3.8, 4) is 0 Å². The summed E-state index contributed by atoms with van der Waals surface area (Å²) in [5, 5.41) is 0. The van der Waals surface area contributed by atoms with E-state index in [1.165, 1.54) is 0 Å². The number of nitrogens with zero attached hydrogens (tertiary/aromatic N) is 4. The predicted molar refractivity (Wildman–Crippen MR) is 77.7 cm³/mol. The molecule has 21 heavy (non-hydrogen) atoms. The molecule has 0 saturated carbocycles. The van der Waals surface area contributed by atoms with Crippen LogP contribution in [0.5, 0.6) is 0 Å². The smallest absolute Gasteiger partial charge is 0.130 e. The standard InChI is InChI=1S/C15H20N4O2/c1-6-16-14(17-7-1)4-12-20-10-3-11-21-13-5-15-18-8-2-9-19-15/h1-2,6-9H,3-5,10-13H2. The van der Waals surface area contributed by atoms with Gasteiger partial charge in [0.2, 0.25) is 0 Å². The maximum absolute atomic E-state index is 5.52. The van der Waals surface area contributed by atoms with E-state index in [0.717, 1.165) is 30.9 Å². The molecule has 0 aliphatic rings. The quantitative estimate of drug-likeness (QED) is 0.617. The summed E-state index contributed by atoms with van der Waals surface area (Å²) < 4.78 is 11.0. The summed E-state index contributed by atoms with van der Waals surface area (Å²) in [6.45, 7) is 2.66. The summed E-state index contributed by atoms with van der Waals surface area (Å²) in [5.41, 5.74) is 0. The number of aromatic nitrogens is 4. The van der Waals surface area contributed by atoms with Gasteiger partial charge < -0.3 is 9.47 Å². The van der Waals surface area contributed by atoms with Gasteiger partial charge in [-0.2, -0.15) is 0 Å². The van der Waals surface area contributed by atoms with E-state index in [1.54, 1.807) is 24.8 Å². The average Bonchev–Trinajstić information content (AvgIpc) is 2.55. The first-order valence-corrected chi connectivity index (χ1v) is 7.12. The van der Waals surface area contributed by atoms with Gasteiger partial charge in [0.25, 0.3) is 0 Å². The Balaban J connectivity index is 1.40. The molecule has 2 rings (SSSR count). The van der Waals surface area contributed by atoms with Crippen molar-refractivity contribution in [3.05, 3.63) is 48.6 Å². The molecule has 2 heterocycles. The van der Waals surface area contributed by atoms with Crippen LogP contribution in [0, 0.1) is 0 Å². The normalized spacial score (nSPS) is 10.7. The monoisotopic (exact) mass is 288 g/mol. The fourth-order valence-corrected chi connectivity index (χ4v) is 1.71. The topological polar surface area (TPSA) is 70.0 Å². The van der Waals surface area contributed by atoms with E-state index in [2.05, 4.69) is 19.9 Å². The molecule has 0 aliphatic carbocycles. The van der Waals surface area contributed by atoms with Crippen molar-refractivity contribution >= 4 is 0 Å². The van der Waals surface area contributed by atoms with Gasteiger partial charge in [-0.15, -0.1) is 0 Å². The van der Waals surface area contributed by atoms with Crippen molar-refractivity contribution < 1.29 is 9.47 Å². The van der Waals surface area contributed by atoms with Crippen LogP contribution in [0.2, 0.25) is 0 Å². The molecule has 2 aromatic heterocycles. The molecule has 0 N–H and O–H groups in total. The van der Waals surface area contributed by atoms with Crippen molar-refractivity contribution in [2.24, 2.45) is 0 Å². The second kappa shape index (κ2) is 9.90. The van der Waals surface area contributed by atoms with Gasteiger partial charge in [-0.3, -0.25) is 0 Å². The minimum absolute atomic E-state index is 0.641. The summed E-state index contributed by atoms with van der Waals surface area (Å²) in [5.74, 6) is 1.63. The molecule has 0 atom stereocenters. The van der Waals surface area contributed by atoms with Gasteiger partial charge in [0, 0.05) is 50.8 Å². The lowest BCUT2D eigenvalue weighted by atomic mass is 10.4. The average molecular weight is 288 g/mol. The Morgan fingerprint density at radius 1 is 0.619 bits per heavy atom. The highest BCUT2D eigenvalue weighted by Gasteiger charge is 1.97. The van der Waals surface area contributed by atoms with Crippen LogP contribution in [0.15, 0.2) is 36.9 Å². The zero-order valence-corrected chi connectivity index (χ0v) is 12.0. The second-order valence-electron chi connectivity index (χ2n) is 4.41. The van der Waals surface area contributed by atoms with E-state index in [9.17, 15) is 0 Å². The molecule has 0 spiro atoms. The molecule has 0 fully saturated rings. The largest absolute Gasteiger partial charge is 0.381 e. The van der Waals surface area contributed by atoms with E-state index < -0.39 is 0 Å². The fourth-order valence-electron chi connectivity index (χ4n) is 1.71. The highest BCUT2D eigenvalue weighted by Crippen LogP contribution is 1.93. The van der Waals surface area contributed by atoms with E-state index in [0.29, 0.717) is 26.4 Å². The molecule has 0 unspecified atom stereocenters. The summed E-state index contributed by atoms with van der Waals surface area (Å²) in [6.07, 6.45) is 9.34. The first kappa shape index (κ1) is 15.5. The molecule has 2 aromatic rings. The number of hydrogen-bond donors (Lipinski definition) is 0. The fraction of sp³-hybridized carbons (Fsp3) is 0.467. The summed E-state index contributed by atoms with van der Waals surface area (Å²) >= 11 is 0. The molecular formula is C15H20N4O2. The van der Waals surface area contributed by atoms with E-state index in [4.69, 9.17) is 9.47 Å². The maximum atomic E-state index is 5.52. The SMILES string of the molecule is c1cnc(CCOCCCOCCc2ncccn2)nc1. The third-order valence-electron chi connectivity index (χ3n) is 2.76. The Kier molecular flexibility index (Phi) is 7.29. The summed E-state index contributed by atoms with van der Waals surface area (Å²) in [7, 11) is 0. The molecule has 0 radical (unpaired) electrons. The lowest BCUT2D eigenvalue weighted by Crippen LogP contribution is -2.07. The second-order valence-corrected chi connectivity index (χ2v) is 4.41. The third-order valence-corrected chi connectivity index (χ3v) is 2.76. The first-order chi connectivity index (χ1) is 10.4. The molecule has 0 aromatic carbocycles. The van der Waals surface area contributed by atoms with E-state index in [1.807, 2.05) is 12.1 Å². The first-order valence-electron chi connectivity index (χ1n) is 7.12. The summed E-state index contributed by atoms with van der Waals surface area (Å²) in [4.78, 5) is 16.6. The Bertz CT molecular complexity index is 436. The molecule has 0 amide bonds. The van der Waals surface area contributed by atoms with Crippen LogP contribution in [-0.4, -0.2) is 46.4 Å². The van der Waals surface area contributed by atoms with Crippen molar-refractivity contribution in [2.75, 3.05) is 26.4 Å². The molecular weight excluding hydrogens is 268 g/mol. The maximum Gasteiger partial charge on any atom is 0.130 e. The zero-order chi connectivity index (χ0) is 14.6. The Morgan fingerprint density at radius 3 is 1.48 bits per heavy atom. The Hall–Kier alpha value is -1.92. The van der Waals surface area contributed by atoms with Gasteiger partial charge in [-0.25, -0.2) is 19.9 Å². The highest BCUT2D eigenvalue weighted by molar-refractivity contribution is 4.88. The molecule has 6 heteroatoms. The molecule has 6 nitrogen and oxygen atoms in total. The van der Waals surface area contributed by atoms with Crippen LogP contribution in [0.1, 0.15) is 18.1 Å². The van der Waals surface area contributed by atoms with Crippen molar-refractivity contribution in [1.29, 1.82) is 0 Å². The predicted octanol–water partition coefficient (Wildman–Crippen LogP) is 1.48. The van der Waals surface area contributed by atoms with Gasteiger partial charge in [-0.1, -0.05) is 0 Å². The number of hydrogen-bond acceptors (Lipinski definition) is 6. The third kappa shape index (κ3) is 6.87. The van der Waals surface area contributed by atoms with Gasteiger partial charge >= 0.3 is 0 Å². The van der Waals surface area contributed by atoms with Crippen molar-refractivity contribution in [2.45, 2.75) is 19.3 Å². The number of rotatable bonds is 10. The van der Waals surface area contributed by atoms with Gasteiger partial charge in [0.15, 0.2) is 0 Å². The van der Waals surface area contributed by atoms with Crippen molar-refractivity contribution in [3.63, 3.8) is 0 Å². The van der Waals surface area contributed by atoms with Crippen LogP contribution in [-0.2, 0) is 22.3 Å². The molecule has 112 valence electrons. The van der Waals surface area contributed by atoms with Crippen LogP contribution in [0.25, 0.3) is 0 Å². The minimum Gasteiger partial charge on any atom is -0.381 e. The minimum atomic E-state index is 0.641. The lowest BCUT2D eigenvalue weighted by molar-refractivity contribution is 0.0843. The molecule has 0 bridgehead atoms. The lowest BCUT2D eigenvalue weighted by Gasteiger charge is -2.05. The Morgan fingerprint density at radius 2 is 1.05 bits per heavy atom. The number of ether oxygens (including phenoxy) is 2. The highest BCUT2D eigenvalue weighted by atomic mass is 16.5. The Labute approximate surface area is 124 Å². The molecule has 0 aliphatic heterocycles. The van der Waals surface area contributed by atoms with E-state index in [-0.39, 0.29) is 0 Å². The molecule has 0 saturated heterocycles.